The molecule has 6 heteroatoms. The monoisotopic (exact) mass is 245 g/mol. The minimum Gasteiger partial charge on any atom is -0.319 e. The lowest BCUT2D eigenvalue weighted by Crippen LogP contribution is -2.43. The Bertz CT molecular complexity index is 353. The van der Waals surface area contributed by atoms with Gasteiger partial charge in [0.15, 0.2) is 5.25 Å². The van der Waals surface area contributed by atoms with Gasteiger partial charge in [-0.1, -0.05) is 0 Å². The molecule has 1 rings (SSSR count). The standard InChI is InChI=1S/C10H19N3O2S/c1-9(7-11)16(14,15)13-5-3-10(4-6-13)8-12-2/h9-10,12H,3-6,8H2,1-2H3. The third kappa shape index (κ3) is 2.94. The van der Waals surface area contributed by atoms with Crippen LogP contribution in [0.4, 0.5) is 0 Å². The molecule has 0 aromatic heterocycles. The molecule has 1 N–H and O–H groups in total. The number of piperidine rings is 1. The Hall–Kier alpha value is -0.640. The molecule has 1 saturated heterocycles. The number of nitrogens with one attached hydrogen (secondary N) is 1. The Kier molecular flexibility index (Phi) is 4.71. The van der Waals surface area contributed by atoms with E-state index in [1.807, 2.05) is 7.05 Å². The van der Waals surface area contributed by atoms with Gasteiger partial charge >= 0.3 is 0 Å². The second kappa shape index (κ2) is 5.62. The summed E-state index contributed by atoms with van der Waals surface area (Å²) in [5, 5.41) is 10.8. The fourth-order valence-electron chi connectivity index (χ4n) is 1.95. The van der Waals surface area contributed by atoms with Crippen molar-refractivity contribution in [3.05, 3.63) is 0 Å². The third-order valence-electron chi connectivity index (χ3n) is 3.05. The summed E-state index contributed by atoms with van der Waals surface area (Å²) in [4.78, 5) is 0. The molecule has 0 radical (unpaired) electrons. The van der Waals surface area contributed by atoms with Crippen LogP contribution in [-0.2, 0) is 10.0 Å². The van der Waals surface area contributed by atoms with Crippen molar-refractivity contribution in [3.8, 4) is 6.07 Å². The van der Waals surface area contributed by atoms with E-state index in [2.05, 4.69) is 5.32 Å². The van der Waals surface area contributed by atoms with Crippen LogP contribution < -0.4 is 5.32 Å². The van der Waals surface area contributed by atoms with Gasteiger partial charge in [-0.15, -0.1) is 0 Å². The summed E-state index contributed by atoms with van der Waals surface area (Å²) in [6.07, 6.45) is 1.75. The zero-order chi connectivity index (χ0) is 12.2. The highest BCUT2D eigenvalue weighted by Crippen LogP contribution is 2.20. The molecule has 1 fully saturated rings. The van der Waals surface area contributed by atoms with Crippen molar-refractivity contribution in [2.75, 3.05) is 26.7 Å². The maximum absolute atomic E-state index is 11.9. The molecule has 0 spiro atoms. The van der Waals surface area contributed by atoms with Gasteiger partial charge in [0.1, 0.15) is 0 Å². The number of sulfonamides is 1. The molecule has 0 saturated carbocycles. The average Bonchev–Trinajstić information content (AvgIpc) is 2.29. The maximum Gasteiger partial charge on any atom is 0.230 e. The van der Waals surface area contributed by atoms with Crippen molar-refractivity contribution >= 4 is 10.0 Å². The number of hydrogen-bond acceptors (Lipinski definition) is 4. The van der Waals surface area contributed by atoms with Gasteiger partial charge in [-0.25, -0.2) is 12.7 Å². The molecule has 0 aliphatic carbocycles. The normalized spacial score (nSPS) is 21.6. The molecule has 0 aromatic carbocycles. The quantitative estimate of drug-likeness (QED) is 0.765. The van der Waals surface area contributed by atoms with Gasteiger partial charge in [0, 0.05) is 13.1 Å². The van der Waals surface area contributed by atoms with Crippen molar-refractivity contribution in [2.24, 2.45) is 5.92 Å². The molecule has 1 aliphatic rings. The van der Waals surface area contributed by atoms with Gasteiger partial charge in [-0.05, 0) is 39.3 Å². The van der Waals surface area contributed by atoms with Crippen LogP contribution in [0, 0.1) is 17.2 Å². The summed E-state index contributed by atoms with van der Waals surface area (Å²) < 4.78 is 25.2. The molecule has 16 heavy (non-hydrogen) atoms. The summed E-state index contributed by atoms with van der Waals surface area (Å²) in [7, 11) is -1.50. The molecular weight excluding hydrogens is 226 g/mol. The molecule has 0 aromatic rings. The predicted octanol–water partition coefficient (Wildman–Crippen LogP) is 0.160. The van der Waals surface area contributed by atoms with Gasteiger partial charge in [-0.3, -0.25) is 0 Å². The second-order valence-corrected chi connectivity index (χ2v) is 6.47. The number of hydrogen-bond donors (Lipinski definition) is 1. The predicted molar refractivity (Wildman–Crippen MR) is 62.2 cm³/mol. The molecule has 0 amide bonds. The first-order valence-electron chi connectivity index (χ1n) is 5.55. The first kappa shape index (κ1) is 13.4. The van der Waals surface area contributed by atoms with Crippen molar-refractivity contribution < 1.29 is 8.42 Å². The Labute approximate surface area is 97.5 Å². The van der Waals surface area contributed by atoms with Crippen molar-refractivity contribution in [3.63, 3.8) is 0 Å². The van der Waals surface area contributed by atoms with Crippen LogP contribution in [0.5, 0.6) is 0 Å². The lowest BCUT2D eigenvalue weighted by molar-refractivity contribution is 0.270. The van der Waals surface area contributed by atoms with Crippen LogP contribution in [-0.4, -0.2) is 44.7 Å². The number of nitrogens with zero attached hydrogens (tertiary/aromatic N) is 2. The second-order valence-electron chi connectivity index (χ2n) is 4.22. The number of rotatable bonds is 4. The number of nitriles is 1. The van der Waals surface area contributed by atoms with Gasteiger partial charge < -0.3 is 5.32 Å². The largest absolute Gasteiger partial charge is 0.319 e. The van der Waals surface area contributed by atoms with Crippen LogP contribution in [0.3, 0.4) is 0 Å². The fourth-order valence-corrected chi connectivity index (χ4v) is 3.25. The molecule has 1 aliphatic heterocycles. The summed E-state index contributed by atoms with van der Waals surface area (Å²) in [6.45, 7) is 3.46. The fraction of sp³-hybridized carbons (Fsp3) is 0.900. The lowest BCUT2D eigenvalue weighted by atomic mass is 9.98. The van der Waals surface area contributed by atoms with Gasteiger partial charge in [0.25, 0.3) is 0 Å². The highest BCUT2D eigenvalue weighted by atomic mass is 32.2. The zero-order valence-electron chi connectivity index (χ0n) is 9.81. The van der Waals surface area contributed by atoms with E-state index in [0.717, 1.165) is 19.4 Å². The van der Waals surface area contributed by atoms with E-state index < -0.39 is 15.3 Å². The summed E-state index contributed by atoms with van der Waals surface area (Å²) in [6, 6.07) is 1.80. The van der Waals surface area contributed by atoms with Gasteiger partial charge in [0.2, 0.25) is 10.0 Å². The lowest BCUT2D eigenvalue weighted by Gasteiger charge is -2.31. The first-order valence-corrected chi connectivity index (χ1v) is 7.06. The smallest absolute Gasteiger partial charge is 0.230 e. The third-order valence-corrected chi connectivity index (χ3v) is 5.14. The van der Waals surface area contributed by atoms with E-state index >= 15 is 0 Å². The maximum atomic E-state index is 11.9. The Morgan fingerprint density at radius 3 is 2.50 bits per heavy atom. The topological polar surface area (TPSA) is 73.2 Å². The molecule has 1 atom stereocenters. The molecule has 0 bridgehead atoms. The first-order chi connectivity index (χ1) is 7.52. The Morgan fingerprint density at radius 1 is 1.50 bits per heavy atom. The van der Waals surface area contributed by atoms with Crippen LogP contribution in [0.15, 0.2) is 0 Å². The van der Waals surface area contributed by atoms with Crippen molar-refractivity contribution in [1.82, 2.24) is 9.62 Å². The Morgan fingerprint density at radius 2 is 2.06 bits per heavy atom. The van der Waals surface area contributed by atoms with Crippen molar-refractivity contribution in [1.29, 1.82) is 5.26 Å². The van der Waals surface area contributed by atoms with Crippen LogP contribution in [0.25, 0.3) is 0 Å². The molecule has 1 heterocycles. The zero-order valence-corrected chi connectivity index (χ0v) is 10.6. The van der Waals surface area contributed by atoms with E-state index in [9.17, 15) is 8.42 Å². The molecule has 1 unspecified atom stereocenters. The van der Waals surface area contributed by atoms with Crippen molar-refractivity contribution in [2.45, 2.75) is 25.0 Å². The molecule has 92 valence electrons. The molecular formula is C10H19N3O2S. The molecule has 5 nitrogen and oxygen atoms in total. The minimum absolute atomic E-state index is 0.542. The summed E-state index contributed by atoms with van der Waals surface area (Å²) in [5.41, 5.74) is 0. The summed E-state index contributed by atoms with van der Waals surface area (Å²) in [5.74, 6) is 0.550. The minimum atomic E-state index is -3.40. The van der Waals surface area contributed by atoms with Crippen LogP contribution >= 0.6 is 0 Å². The van der Waals surface area contributed by atoms with E-state index in [-0.39, 0.29) is 0 Å². The summed E-state index contributed by atoms with van der Waals surface area (Å²) >= 11 is 0. The van der Waals surface area contributed by atoms with Crippen LogP contribution in [0.2, 0.25) is 0 Å². The SMILES string of the molecule is CNCC1CCN(S(=O)(=O)C(C)C#N)CC1. The van der Waals surface area contributed by atoms with E-state index in [0.29, 0.717) is 19.0 Å². The Balaban J connectivity index is 2.58. The van der Waals surface area contributed by atoms with E-state index in [1.54, 1.807) is 6.07 Å². The highest BCUT2D eigenvalue weighted by molar-refractivity contribution is 7.89. The van der Waals surface area contributed by atoms with Crippen LogP contribution in [0.1, 0.15) is 19.8 Å². The van der Waals surface area contributed by atoms with Gasteiger partial charge in [-0.2, -0.15) is 5.26 Å². The van der Waals surface area contributed by atoms with Gasteiger partial charge in [0.05, 0.1) is 6.07 Å². The highest BCUT2D eigenvalue weighted by Gasteiger charge is 2.31. The average molecular weight is 245 g/mol. The van der Waals surface area contributed by atoms with E-state index in [1.165, 1.54) is 11.2 Å². The van der Waals surface area contributed by atoms with E-state index in [4.69, 9.17) is 5.26 Å².